The molecule has 0 aromatic heterocycles. The van der Waals surface area contributed by atoms with Gasteiger partial charge in [-0.05, 0) is 43.9 Å². The molecule has 1 aromatic carbocycles. The smallest absolute Gasteiger partial charge is 0.251 e. The zero-order valence-corrected chi connectivity index (χ0v) is 13.7. The highest BCUT2D eigenvalue weighted by atomic mass is 16.2. The summed E-state index contributed by atoms with van der Waals surface area (Å²) >= 11 is 0. The minimum absolute atomic E-state index is 0.0410. The summed E-state index contributed by atoms with van der Waals surface area (Å²) in [5, 5.41) is 9.08. The predicted molar refractivity (Wildman–Crippen MR) is 89.2 cm³/mol. The summed E-state index contributed by atoms with van der Waals surface area (Å²) in [7, 11) is 0. The second kappa shape index (κ2) is 6.81. The van der Waals surface area contributed by atoms with Gasteiger partial charge in [0.1, 0.15) is 6.04 Å². The molecule has 2 atom stereocenters. The Balaban J connectivity index is 2.14. The van der Waals surface area contributed by atoms with Gasteiger partial charge in [0, 0.05) is 11.6 Å². The van der Waals surface area contributed by atoms with Crippen LogP contribution in [-0.2, 0) is 4.79 Å². The predicted octanol–water partition coefficient (Wildman–Crippen LogP) is 2.99. The van der Waals surface area contributed by atoms with Gasteiger partial charge in [0.2, 0.25) is 5.91 Å². The summed E-state index contributed by atoms with van der Waals surface area (Å²) in [6, 6.07) is 5.28. The number of nitrogens with one attached hydrogen (secondary N) is 3. The van der Waals surface area contributed by atoms with Crippen molar-refractivity contribution in [3.8, 4) is 0 Å². The van der Waals surface area contributed by atoms with Crippen molar-refractivity contribution in [3.63, 3.8) is 0 Å². The maximum Gasteiger partial charge on any atom is 0.251 e. The quantitative estimate of drug-likeness (QED) is 0.783. The number of benzene rings is 1. The molecule has 0 saturated heterocycles. The second-order valence-corrected chi connectivity index (χ2v) is 6.36. The van der Waals surface area contributed by atoms with Crippen LogP contribution in [0.15, 0.2) is 18.2 Å². The Labute approximate surface area is 131 Å². The average molecular weight is 303 g/mol. The standard InChI is InChI=1S/C17H25N3O2/c1-5-11(4)18-16(21)12-6-7-13-14(9-12)20-17(22)15(19-13)8-10(2)3/h6-7,9-11,15,19H,5,8H2,1-4H3,(H,18,21)(H,20,22). The first-order chi connectivity index (χ1) is 10.4. The van der Waals surface area contributed by atoms with Crippen LogP contribution in [0.3, 0.4) is 0 Å². The van der Waals surface area contributed by atoms with Gasteiger partial charge in [-0.1, -0.05) is 20.8 Å². The summed E-state index contributed by atoms with van der Waals surface area (Å²) in [5.41, 5.74) is 2.09. The average Bonchev–Trinajstić information content (AvgIpc) is 2.46. The normalized spacial score (nSPS) is 18.2. The monoisotopic (exact) mass is 303 g/mol. The van der Waals surface area contributed by atoms with Crippen LogP contribution >= 0.6 is 0 Å². The molecule has 0 bridgehead atoms. The third-order valence-electron chi connectivity index (χ3n) is 3.88. The van der Waals surface area contributed by atoms with Crippen molar-refractivity contribution in [1.29, 1.82) is 0 Å². The molecule has 1 aromatic rings. The summed E-state index contributed by atoms with van der Waals surface area (Å²) in [5.74, 6) is 0.279. The van der Waals surface area contributed by atoms with E-state index in [1.54, 1.807) is 12.1 Å². The third-order valence-corrected chi connectivity index (χ3v) is 3.88. The van der Waals surface area contributed by atoms with Crippen LogP contribution in [0.5, 0.6) is 0 Å². The van der Waals surface area contributed by atoms with E-state index in [2.05, 4.69) is 29.8 Å². The van der Waals surface area contributed by atoms with Gasteiger partial charge in [-0.3, -0.25) is 9.59 Å². The summed E-state index contributed by atoms with van der Waals surface area (Å²) in [6.45, 7) is 8.17. The molecule has 1 heterocycles. The Hall–Kier alpha value is -2.04. The Bertz CT molecular complexity index is 569. The number of hydrogen-bond acceptors (Lipinski definition) is 3. The van der Waals surface area contributed by atoms with E-state index in [0.29, 0.717) is 17.2 Å². The lowest BCUT2D eigenvalue weighted by molar-refractivity contribution is -0.117. The van der Waals surface area contributed by atoms with E-state index in [9.17, 15) is 9.59 Å². The van der Waals surface area contributed by atoms with Crippen LogP contribution in [0.25, 0.3) is 0 Å². The molecular weight excluding hydrogens is 278 g/mol. The van der Waals surface area contributed by atoms with Crippen LogP contribution in [0.1, 0.15) is 50.9 Å². The Kier molecular flexibility index (Phi) is 5.06. The van der Waals surface area contributed by atoms with Gasteiger partial charge in [-0.25, -0.2) is 0 Å². The van der Waals surface area contributed by atoms with Crippen molar-refractivity contribution < 1.29 is 9.59 Å². The van der Waals surface area contributed by atoms with Crippen molar-refractivity contribution in [1.82, 2.24) is 5.32 Å². The largest absolute Gasteiger partial charge is 0.372 e. The number of anilines is 2. The number of amides is 2. The van der Waals surface area contributed by atoms with Gasteiger partial charge < -0.3 is 16.0 Å². The number of hydrogen-bond donors (Lipinski definition) is 3. The molecule has 0 radical (unpaired) electrons. The van der Waals surface area contributed by atoms with Gasteiger partial charge in [-0.2, -0.15) is 0 Å². The molecule has 2 amide bonds. The van der Waals surface area contributed by atoms with E-state index in [0.717, 1.165) is 18.5 Å². The van der Waals surface area contributed by atoms with E-state index in [1.807, 2.05) is 19.9 Å². The van der Waals surface area contributed by atoms with Gasteiger partial charge in [0.05, 0.1) is 11.4 Å². The summed E-state index contributed by atoms with van der Waals surface area (Å²) in [4.78, 5) is 24.3. The van der Waals surface area contributed by atoms with Gasteiger partial charge in [0.25, 0.3) is 5.91 Å². The molecule has 22 heavy (non-hydrogen) atoms. The van der Waals surface area contributed by atoms with E-state index < -0.39 is 0 Å². The van der Waals surface area contributed by atoms with Crippen molar-refractivity contribution in [2.24, 2.45) is 5.92 Å². The SMILES string of the molecule is CCC(C)NC(=O)c1ccc2c(c1)NC(=O)C(CC(C)C)N2. The molecule has 0 aliphatic carbocycles. The molecule has 0 fully saturated rings. The number of rotatable bonds is 5. The third kappa shape index (κ3) is 3.78. The van der Waals surface area contributed by atoms with Crippen molar-refractivity contribution >= 4 is 23.2 Å². The molecule has 0 spiro atoms. The van der Waals surface area contributed by atoms with Crippen LogP contribution in [0, 0.1) is 5.92 Å². The Morgan fingerprint density at radius 2 is 2.00 bits per heavy atom. The molecule has 5 nitrogen and oxygen atoms in total. The van der Waals surface area contributed by atoms with Gasteiger partial charge in [0.15, 0.2) is 0 Å². The lowest BCUT2D eigenvalue weighted by Gasteiger charge is -2.28. The van der Waals surface area contributed by atoms with Crippen molar-refractivity contribution in [3.05, 3.63) is 23.8 Å². The maximum absolute atomic E-state index is 12.1. The maximum atomic E-state index is 12.1. The lowest BCUT2D eigenvalue weighted by Crippen LogP contribution is -2.40. The Morgan fingerprint density at radius 1 is 1.27 bits per heavy atom. The molecular formula is C17H25N3O2. The minimum Gasteiger partial charge on any atom is -0.372 e. The zero-order chi connectivity index (χ0) is 16.3. The fourth-order valence-corrected chi connectivity index (χ4v) is 2.43. The molecule has 5 heteroatoms. The molecule has 1 aliphatic heterocycles. The molecule has 0 saturated carbocycles. The van der Waals surface area contributed by atoms with Crippen LogP contribution in [0.2, 0.25) is 0 Å². The van der Waals surface area contributed by atoms with E-state index in [1.165, 1.54) is 0 Å². The Morgan fingerprint density at radius 3 is 2.64 bits per heavy atom. The first-order valence-corrected chi connectivity index (χ1v) is 7.93. The van der Waals surface area contributed by atoms with E-state index in [-0.39, 0.29) is 23.9 Å². The van der Waals surface area contributed by atoms with Gasteiger partial charge >= 0.3 is 0 Å². The van der Waals surface area contributed by atoms with Crippen molar-refractivity contribution in [2.45, 2.75) is 52.6 Å². The molecule has 120 valence electrons. The fourth-order valence-electron chi connectivity index (χ4n) is 2.43. The number of carbonyl (C=O) groups excluding carboxylic acids is 2. The molecule has 2 unspecified atom stereocenters. The van der Waals surface area contributed by atoms with E-state index in [4.69, 9.17) is 0 Å². The minimum atomic E-state index is -0.215. The van der Waals surface area contributed by atoms with Crippen LogP contribution in [-0.4, -0.2) is 23.9 Å². The fraction of sp³-hybridized carbons (Fsp3) is 0.529. The molecule has 3 N–H and O–H groups in total. The van der Waals surface area contributed by atoms with Gasteiger partial charge in [-0.15, -0.1) is 0 Å². The summed E-state index contributed by atoms with van der Waals surface area (Å²) < 4.78 is 0. The van der Waals surface area contributed by atoms with Crippen molar-refractivity contribution in [2.75, 3.05) is 10.6 Å². The highest BCUT2D eigenvalue weighted by Gasteiger charge is 2.26. The highest BCUT2D eigenvalue weighted by molar-refractivity contribution is 6.05. The number of carbonyl (C=O) groups is 2. The first-order valence-electron chi connectivity index (χ1n) is 7.93. The van der Waals surface area contributed by atoms with E-state index >= 15 is 0 Å². The molecule has 2 rings (SSSR count). The molecule has 1 aliphatic rings. The summed E-state index contributed by atoms with van der Waals surface area (Å²) in [6.07, 6.45) is 1.66. The first kappa shape index (κ1) is 16.3. The van der Waals surface area contributed by atoms with Crippen LogP contribution in [0.4, 0.5) is 11.4 Å². The zero-order valence-electron chi connectivity index (χ0n) is 13.7. The second-order valence-electron chi connectivity index (χ2n) is 6.36. The van der Waals surface area contributed by atoms with Crippen LogP contribution < -0.4 is 16.0 Å². The number of fused-ring (bicyclic) bond motifs is 1. The highest BCUT2D eigenvalue weighted by Crippen LogP contribution is 2.29. The lowest BCUT2D eigenvalue weighted by atomic mass is 10.00. The topological polar surface area (TPSA) is 70.2 Å².